The van der Waals surface area contributed by atoms with Crippen molar-refractivity contribution in [3.63, 3.8) is 0 Å². The fraction of sp³-hybridized carbons (Fsp3) is 0.900. The molecule has 0 aromatic rings. The Morgan fingerprint density at radius 1 is 1.47 bits per heavy atom. The molecule has 0 aromatic carbocycles. The van der Waals surface area contributed by atoms with E-state index in [2.05, 4.69) is 6.07 Å². The molecule has 1 heterocycles. The van der Waals surface area contributed by atoms with Gasteiger partial charge < -0.3 is 0 Å². The Balaban J connectivity index is 2.70. The number of hydrogen-bond donors (Lipinski definition) is 0. The molecule has 4 nitrogen and oxygen atoms in total. The Kier molecular flexibility index (Phi) is 3.74. The van der Waals surface area contributed by atoms with Gasteiger partial charge in [-0.05, 0) is 19.4 Å². The molecule has 0 aliphatic carbocycles. The predicted molar refractivity (Wildman–Crippen MR) is 59.1 cm³/mol. The fourth-order valence-corrected chi connectivity index (χ4v) is 3.82. The number of hydrogen-bond acceptors (Lipinski definition) is 4. The van der Waals surface area contributed by atoms with Crippen molar-refractivity contribution in [3.8, 4) is 6.07 Å². The normalized spacial score (nSPS) is 26.8. The summed E-state index contributed by atoms with van der Waals surface area (Å²) in [7, 11) is -1.01. The van der Waals surface area contributed by atoms with Crippen LogP contribution in [-0.4, -0.2) is 44.0 Å². The summed E-state index contributed by atoms with van der Waals surface area (Å²) >= 11 is 0. The van der Waals surface area contributed by atoms with Crippen molar-refractivity contribution < 1.29 is 8.42 Å². The molecule has 1 rings (SSSR count). The van der Waals surface area contributed by atoms with Gasteiger partial charge in [0.25, 0.3) is 0 Å². The van der Waals surface area contributed by atoms with Crippen LogP contribution in [0.5, 0.6) is 0 Å². The average Bonchev–Trinajstić information content (AvgIpc) is 2.46. The molecule has 0 spiro atoms. The summed E-state index contributed by atoms with van der Waals surface area (Å²) in [6.07, 6.45) is 0.656. The lowest BCUT2D eigenvalue weighted by atomic mass is 10.0. The summed E-state index contributed by atoms with van der Waals surface area (Å²) in [5.74, 6) is 0.690. The number of nitrogens with zero attached hydrogens (tertiary/aromatic N) is 2. The van der Waals surface area contributed by atoms with E-state index in [4.69, 9.17) is 5.26 Å². The van der Waals surface area contributed by atoms with E-state index in [9.17, 15) is 8.42 Å². The lowest BCUT2D eigenvalue weighted by Gasteiger charge is -2.30. The van der Waals surface area contributed by atoms with Crippen molar-refractivity contribution in [2.24, 2.45) is 5.92 Å². The molecule has 0 radical (unpaired) electrons. The summed E-state index contributed by atoms with van der Waals surface area (Å²) in [4.78, 5) is 1.91. The van der Waals surface area contributed by atoms with Crippen molar-refractivity contribution in [3.05, 3.63) is 0 Å². The summed E-state index contributed by atoms with van der Waals surface area (Å²) in [6, 6.07) is 2.06. The molecule has 0 amide bonds. The van der Waals surface area contributed by atoms with Gasteiger partial charge in [-0.1, -0.05) is 13.8 Å². The molecule has 1 aliphatic rings. The Morgan fingerprint density at radius 3 is 2.40 bits per heavy atom. The highest BCUT2D eigenvalue weighted by Crippen LogP contribution is 2.20. The van der Waals surface area contributed by atoms with Crippen LogP contribution in [0.15, 0.2) is 0 Å². The first-order valence-electron chi connectivity index (χ1n) is 5.19. The van der Waals surface area contributed by atoms with Gasteiger partial charge in [-0.2, -0.15) is 5.26 Å². The highest BCUT2D eigenvalue weighted by Gasteiger charge is 2.34. The second kappa shape index (κ2) is 4.50. The van der Waals surface area contributed by atoms with Gasteiger partial charge in [0.1, 0.15) is 6.04 Å². The Morgan fingerprint density at radius 2 is 2.07 bits per heavy atom. The second-order valence-electron chi connectivity index (χ2n) is 4.54. The maximum atomic E-state index is 11.3. The van der Waals surface area contributed by atoms with Crippen LogP contribution in [0.25, 0.3) is 0 Å². The Labute approximate surface area is 91.8 Å². The van der Waals surface area contributed by atoms with Gasteiger partial charge in [0.05, 0.1) is 17.6 Å². The molecule has 86 valence electrons. The lowest BCUT2D eigenvalue weighted by molar-refractivity contribution is 0.186. The zero-order chi connectivity index (χ0) is 11.6. The average molecular weight is 230 g/mol. The molecular weight excluding hydrogens is 212 g/mol. The monoisotopic (exact) mass is 230 g/mol. The minimum atomic E-state index is -2.86. The first-order chi connectivity index (χ1) is 6.87. The van der Waals surface area contributed by atoms with Crippen molar-refractivity contribution in [2.45, 2.75) is 32.4 Å². The third-order valence-corrected chi connectivity index (χ3v) is 4.74. The van der Waals surface area contributed by atoms with Gasteiger partial charge in [-0.3, -0.25) is 4.90 Å². The van der Waals surface area contributed by atoms with Crippen LogP contribution in [-0.2, 0) is 9.84 Å². The molecular formula is C10H18N2O2S. The number of rotatable bonds is 3. The van der Waals surface area contributed by atoms with Crippen LogP contribution in [0, 0.1) is 17.2 Å². The summed E-state index contributed by atoms with van der Waals surface area (Å²) in [6.45, 7) is 3.96. The lowest BCUT2D eigenvalue weighted by Crippen LogP contribution is -2.42. The van der Waals surface area contributed by atoms with Crippen molar-refractivity contribution in [1.29, 1.82) is 5.26 Å². The van der Waals surface area contributed by atoms with Gasteiger partial charge in [0.2, 0.25) is 0 Å². The fourth-order valence-electron chi connectivity index (χ4n) is 2.03. The zero-order valence-corrected chi connectivity index (χ0v) is 10.3. The van der Waals surface area contributed by atoms with Gasteiger partial charge in [-0.15, -0.1) is 0 Å². The predicted octanol–water partition coefficient (Wildman–Crippen LogP) is 0.653. The summed E-state index contributed by atoms with van der Waals surface area (Å²) in [5, 5.41) is 9.02. The maximum Gasteiger partial charge on any atom is 0.151 e. The van der Waals surface area contributed by atoms with Crippen molar-refractivity contribution >= 4 is 9.84 Å². The maximum absolute atomic E-state index is 11.3. The molecule has 1 saturated heterocycles. The first-order valence-corrected chi connectivity index (χ1v) is 7.01. The van der Waals surface area contributed by atoms with Gasteiger partial charge in [0.15, 0.2) is 9.84 Å². The second-order valence-corrected chi connectivity index (χ2v) is 6.77. The van der Waals surface area contributed by atoms with E-state index in [1.165, 1.54) is 0 Å². The molecule has 1 aliphatic heterocycles. The van der Waals surface area contributed by atoms with Crippen LogP contribution in [0.4, 0.5) is 0 Å². The number of nitriles is 1. The Hall–Kier alpha value is -0.600. The first kappa shape index (κ1) is 12.5. The number of sulfone groups is 1. The molecule has 1 fully saturated rings. The van der Waals surface area contributed by atoms with Crippen LogP contribution in [0.1, 0.15) is 20.3 Å². The minimum absolute atomic E-state index is 0.0158. The van der Waals surface area contributed by atoms with E-state index in [1.807, 2.05) is 25.8 Å². The van der Waals surface area contributed by atoms with E-state index < -0.39 is 9.84 Å². The van der Waals surface area contributed by atoms with E-state index in [0.29, 0.717) is 6.42 Å². The van der Waals surface area contributed by atoms with E-state index in [1.54, 1.807) is 0 Å². The Bertz CT molecular complexity index is 356. The van der Waals surface area contributed by atoms with Crippen LogP contribution >= 0.6 is 0 Å². The van der Waals surface area contributed by atoms with Crippen LogP contribution < -0.4 is 0 Å². The van der Waals surface area contributed by atoms with E-state index in [0.717, 1.165) is 0 Å². The molecule has 0 bridgehead atoms. The van der Waals surface area contributed by atoms with Crippen molar-refractivity contribution in [2.75, 3.05) is 18.6 Å². The minimum Gasteiger partial charge on any atom is -0.287 e. The van der Waals surface area contributed by atoms with Gasteiger partial charge >= 0.3 is 0 Å². The van der Waals surface area contributed by atoms with Crippen LogP contribution in [0.3, 0.4) is 0 Å². The van der Waals surface area contributed by atoms with Crippen molar-refractivity contribution in [1.82, 2.24) is 4.90 Å². The smallest absolute Gasteiger partial charge is 0.151 e. The van der Waals surface area contributed by atoms with Gasteiger partial charge in [-0.25, -0.2) is 8.42 Å². The highest BCUT2D eigenvalue weighted by molar-refractivity contribution is 7.91. The molecule has 2 unspecified atom stereocenters. The molecule has 2 atom stereocenters. The third-order valence-electron chi connectivity index (χ3n) is 2.99. The summed E-state index contributed by atoms with van der Waals surface area (Å²) in [5.41, 5.74) is 0. The largest absolute Gasteiger partial charge is 0.287 e. The van der Waals surface area contributed by atoms with Crippen LogP contribution in [0.2, 0.25) is 0 Å². The quantitative estimate of drug-likeness (QED) is 0.714. The van der Waals surface area contributed by atoms with Gasteiger partial charge in [0, 0.05) is 6.04 Å². The van der Waals surface area contributed by atoms with E-state index >= 15 is 0 Å². The molecule has 0 aromatic heterocycles. The topological polar surface area (TPSA) is 61.2 Å². The third kappa shape index (κ3) is 2.93. The highest BCUT2D eigenvalue weighted by atomic mass is 32.2. The zero-order valence-electron chi connectivity index (χ0n) is 9.47. The molecule has 5 heteroatoms. The van der Waals surface area contributed by atoms with E-state index in [-0.39, 0.29) is 29.5 Å². The molecule has 0 N–H and O–H groups in total. The molecule has 15 heavy (non-hydrogen) atoms. The summed E-state index contributed by atoms with van der Waals surface area (Å²) < 4.78 is 22.6. The SMILES string of the molecule is CC(C)C(C#N)N(C)C1CCS(=O)(=O)C1. The standard InChI is InChI=1S/C10H18N2O2S/c1-8(2)10(6-11)12(3)9-4-5-15(13,14)7-9/h8-10H,4-5,7H2,1-3H3. The molecule has 0 saturated carbocycles.